The van der Waals surface area contributed by atoms with Crippen LogP contribution in [0.4, 0.5) is 5.82 Å². The molecular formula is C13H20N4O. The van der Waals surface area contributed by atoms with Gasteiger partial charge in [-0.3, -0.25) is 4.79 Å². The van der Waals surface area contributed by atoms with E-state index in [1.807, 2.05) is 0 Å². The van der Waals surface area contributed by atoms with E-state index in [2.05, 4.69) is 34.0 Å². The van der Waals surface area contributed by atoms with E-state index >= 15 is 0 Å². The molecule has 1 aromatic rings. The van der Waals surface area contributed by atoms with Crippen LogP contribution in [0.5, 0.6) is 0 Å². The third kappa shape index (κ3) is 1.92. The molecule has 0 spiro atoms. The first-order valence-electron chi connectivity index (χ1n) is 6.70. The van der Waals surface area contributed by atoms with Crippen molar-refractivity contribution in [3.05, 3.63) is 22.2 Å². The van der Waals surface area contributed by atoms with Crippen LogP contribution in [0.3, 0.4) is 0 Å². The van der Waals surface area contributed by atoms with Crippen LogP contribution in [-0.2, 0) is 0 Å². The standard InChI is InChI=1S/C13H20N4O/c1-8(2)11-5-15-12(13(18)16-11)17-6-9-3-14-4-10(9)7-17/h5,8-10,14H,3-4,6-7H2,1-2H3,(H,16,18). The number of nitrogens with zero attached hydrogens (tertiary/aromatic N) is 2. The van der Waals surface area contributed by atoms with E-state index in [0.29, 0.717) is 23.6 Å². The van der Waals surface area contributed by atoms with Gasteiger partial charge in [0.05, 0.1) is 0 Å². The van der Waals surface area contributed by atoms with E-state index in [9.17, 15) is 4.79 Å². The van der Waals surface area contributed by atoms with Crippen LogP contribution in [0.2, 0.25) is 0 Å². The number of aromatic amines is 1. The van der Waals surface area contributed by atoms with E-state index in [-0.39, 0.29) is 5.56 Å². The number of anilines is 1. The smallest absolute Gasteiger partial charge is 0.291 e. The molecule has 0 amide bonds. The summed E-state index contributed by atoms with van der Waals surface area (Å²) in [5.41, 5.74) is 0.860. The number of hydrogen-bond donors (Lipinski definition) is 2. The minimum atomic E-state index is -0.0471. The Morgan fingerprint density at radius 2 is 2.00 bits per heavy atom. The Balaban J connectivity index is 1.83. The highest BCUT2D eigenvalue weighted by Gasteiger charge is 2.37. The summed E-state index contributed by atoms with van der Waals surface area (Å²) in [6, 6.07) is 0. The summed E-state index contributed by atoms with van der Waals surface area (Å²) in [6.45, 7) is 8.16. The highest BCUT2D eigenvalue weighted by Crippen LogP contribution is 2.28. The van der Waals surface area contributed by atoms with Gasteiger partial charge in [-0.1, -0.05) is 13.8 Å². The normalized spacial score (nSPS) is 26.9. The van der Waals surface area contributed by atoms with Gasteiger partial charge in [-0.15, -0.1) is 0 Å². The number of H-pyrrole nitrogens is 1. The van der Waals surface area contributed by atoms with Crippen molar-refractivity contribution in [3.63, 3.8) is 0 Å². The molecular weight excluding hydrogens is 228 g/mol. The summed E-state index contributed by atoms with van der Waals surface area (Å²) >= 11 is 0. The third-order valence-electron chi connectivity index (χ3n) is 4.10. The fourth-order valence-corrected chi connectivity index (χ4v) is 2.96. The lowest BCUT2D eigenvalue weighted by atomic mass is 10.0. The molecule has 0 radical (unpaired) electrons. The predicted octanol–water partition coefficient (Wildman–Crippen LogP) is 0.549. The molecule has 2 fully saturated rings. The number of rotatable bonds is 2. The second kappa shape index (κ2) is 4.39. The first kappa shape index (κ1) is 11.7. The summed E-state index contributed by atoms with van der Waals surface area (Å²) < 4.78 is 0. The molecule has 0 aliphatic carbocycles. The molecule has 18 heavy (non-hydrogen) atoms. The Morgan fingerprint density at radius 1 is 1.33 bits per heavy atom. The van der Waals surface area contributed by atoms with E-state index in [1.54, 1.807) is 6.20 Å². The quantitative estimate of drug-likeness (QED) is 0.802. The van der Waals surface area contributed by atoms with Crippen molar-refractivity contribution in [1.82, 2.24) is 15.3 Å². The van der Waals surface area contributed by atoms with Gasteiger partial charge in [0.2, 0.25) is 0 Å². The Bertz CT molecular complexity index is 484. The molecule has 2 N–H and O–H groups in total. The van der Waals surface area contributed by atoms with Gasteiger partial charge < -0.3 is 15.2 Å². The zero-order chi connectivity index (χ0) is 12.7. The predicted molar refractivity (Wildman–Crippen MR) is 71.0 cm³/mol. The van der Waals surface area contributed by atoms with Gasteiger partial charge in [-0.2, -0.15) is 0 Å². The molecule has 2 aliphatic rings. The Morgan fingerprint density at radius 3 is 2.56 bits per heavy atom. The molecule has 5 nitrogen and oxygen atoms in total. The van der Waals surface area contributed by atoms with Crippen LogP contribution in [0.15, 0.2) is 11.0 Å². The van der Waals surface area contributed by atoms with Crippen molar-refractivity contribution < 1.29 is 0 Å². The van der Waals surface area contributed by atoms with Crippen molar-refractivity contribution in [2.45, 2.75) is 19.8 Å². The van der Waals surface area contributed by atoms with Crippen LogP contribution < -0.4 is 15.8 Å². The lowest BCUT2D eigenvalue weighted by molar-refractivity contribution is 0.533. The van der Waals surface area contributed by atoms with Gasteiger partial charge in [0.15, 0.2) is 5.82 Å². The minimum Gasteiger partial charge on any atom is -0.351 e. The largest absolute Gasteiger partial charge is 0.351 e. The van der Waals surface area contributed by atoms with Gasteiger partial charge in [0.25, 0.3) is 5.56 Å². The number of fused-ring (bicyclic) bond motifs is 1. The van der Waals surface area contributed by atoms with Crippen molar-refractivity contribution in [3.8, 4) is 0 Å². The van der Waals surface area contributed by atoms with Crippen molar-refractivity contribution >= 4 is 5.82 Å². The Labute approximate surface area is 107 Å². The van der Waals surface area contributed by atoms with Crippen molar-refractivity contribution in [1.29, 1.82) is 0 Å². The van der Waals surface area contributed by atoms with E-state index in [1.165, 1.54) is 0 Å². The second-order valence-electron chi connectivity index (χ2n) is 5.73. The van der Waals surface area contributed by atoms with Gasteiger partial charge in [-0.25, -0.2) is 4.98 Å². The Hall–Kier alpha value is -1.36. The molecule has 3 rings (SSSR count). The molecule has 2 unspecified atom stereocenters. The summed E-state index contributed by atoms with van der Waals surface area (Å²) in [6.07, 6.45) is 1.80. The van der Waals surface area contributed by atoms with Crippen molar-refractivity contribution in [2.24, 2.45) is 11.8 Å². The summed E-state index contributed by atoms with van der Waals surface area (Å²) in [5.74, 6) is 2.25. The van der Waals surface area contributed by atoms with Crippen LogP contribution in [0.1, 0.15) is 25.5 Å². The molecule has 98 valence electrons. The molecule has 2 saturated heterocycles. The zero-order valence-electron chi connectivity index (χ0n) is 10.9. The SMILES string of the molecule is CC(C)c1cnc(N2CC3CNCC3C2)c(=O)[nH]1. The van der Waals surface area contributed by atoms with E-state index < -0.39 is 0 Å². The van der Waals surface area contributed by atoms with Crippen LogP contribution in [0.25, 0.3) is 0 Å². The number of nitrogens with one attached hydrogen (secondary N) is 2. The van der Waals surface area contributed by atoms with E-state index in [0.717, 1.165) is 31.9 Å². The lowest BCUT2D eigenvalue weighted by Crippen LogP contribution is -2.31. The maximum absolute atomic E-state index is 12.1. The molecule has 3 heterocycles. The van der Waals surface area contributed by atoms with Gasteiger partial charge in [0.1, 0.15) is 0 Å². The molecule has 2 aliphatic heterocycles. The Kier molecular flexibility index (Phi) is 2.86. The van der Waals surface area contributed by atoms with E-state index in [4.69, 9.17) is 0 Å². The topological polar surface area (TPSA) is 61.0 Å². The average molecular weight is 248 g/mol. The molecule has 1 aromatic heterocycles. The lowest BCUT2D eigenvalue weighted by Gasteiger charge is -2.18. The highest BCUT2D eigenvalue weighted by molar-refractivity contribution is 5.38. The highest BCUT2D eigenvalue weighted by atomic mass is 16.1. The zero-order valence-corrected chi connectivity index (χ0v) is 10.9. The fourth-order valence-electron chi connectivity index (χ4n) is 2.96. The maximum Gasteiger partial charge on any atom is 0.291 e. The molecule has 0 aromatic carbocycles. The van der Waals surface area contributed by atoms with Gasteiger partial charge in [0, 0.05) is 38.1 Å². The average Bonchev–Trinajstić information content (AvgIpc) is 2.88. The summed E-state index contributed by atoms with van der Waals surface area (Å²) in [5, 5.41) is 3.40. The van der Waals surface area contributed by atoms with Crippen LogP contribution in [-0.4, -0.2) is 36.1 Å². The first-order valence-corrected chi connectivity index (χ1v) is 6.70. The van der Waals surface area contributed by atoms with Gasteiger partial charge >= 0.3 is 0 Å². The van der Waals surface area contributed by atoms with Crippen LogP contribution >= 0.6 is 0 Å². The molecule has 0 saturated carbocycles. The fraction of sp³-hybridized carbons (Fsp3) is 0.692. The first-order chi connectivity index (χ1) is 8.65. The van der Waals surface area contributed by atoms with Crippen LogP contribution in [0, 0.1) is 11.8 Å². The maximum atomic E-state index is 12.1. The summed E-state index contributed by atoms with van der Waals surface area (Å²) in [4.78, 5) is 21.5. The van der Waals surface area contributed by atoms with Gasteiger partial charge in [-0.05, 0) is 17.8 Å². The summed E-state index contributed by atoms with van der Waals surface area (Å²) in [7, 11) is 0. The number of hydrogen-bond acceptors (Lipinski definition) is 4. The van der Waals surface area contributed by atoms with Crippen molar-refractivity contribution in [2.75, 3.05) is 31.1 Å². The number of aromatic nitrogens is 2. The molecule has 2 atom stereocenters. The monoisotopic (exact) mass is 248 g/mol. The third-order valence-corrected chi connectivity index (χ3v) is 4.10. The molecule has 0 bridgehead atoms. The minimum absolute atomic E-state index is 0.0471. The second-order valence-corrected chi connectivity index (χ2v) is 5.73. The molecule has 5 heteroatoms.